The van der Waals surface area contributed by atoms with Crippen molar-refractivity contribution in [3.63, 3.8) is 0 Å². The fourth-order valence-corrected chi connectivity index (χ4v) is 3.47. The molecular formula is C24H28ClN3O4. The van der Waals surface area contributed by atoms with Gasteiger partial charge in [0.2, 0.25) is 5.75 Å². The van der Waals surface area contributed by atoms with E-state index in [2.05, 4.69) is 10.3 Å². The smallest absolute Gasteiger partial charge is 0.252 e. The zero-order chi connectivity index (χ0) is 23.1. The molecule has 3 rings (SSSR count). The number of halogens is 1. The zero-order valence-corrected chi connectivity index (χ0v) is 19.5. The first kappa shape index (κ1) is 23.5. The summed E-state index contributed by atoms with van der Waals surface area (Å²) < 4.78 is 19.1. The second kappa shape index (κ2) is 10.9. The number of aryl methyl sites for hydroxylation is 1. The third kappa shape index (κ3) is 5.34. The normalized spacial score (nSPS) is 11.7. The Balaban J connectivity index is 2.00. The van der Waals surface area contributed by atoms with Crippen LogP contribution in [0.15, 0.2) is 48.8 Å². The number of rotatable bonds is 10. The van der Waals surface area contributed by atoms with Crippen LogP contribution in [0.1, 0.15) is 48.6 Å². The predicted molar refractivity (Wildman–Crippen MR) is 124 cm³/mol. The Bertz CT molecular complexity index is 1020. The first-order chi connectivity index (χ1) is 15.5. The largest absolute Gasteiger partial charge is 0.490 e. The van der Waals surface area contributed by atoms with Crippen LogP contribution in [-0.2, 0) is 7.05 Å². The minimum Gasteiger partial charge on any atom is -0.490 e. The number of benzene rings is 2. The molecule has 1 amide bonds. The summed E-state index contributed by atoms with van der Waals surface area (Å²) in [5.74, 6) is 1.82. The summed E-state index contributed by atoms with van der Waals surface area (Å²) in [6.07, 6.45) is 3.53. The Labute approximate surface area is 193 Å². The number of imidazole rings is 1. The Morgan fingerprint density at radius 1 is 1.03 bits per heavy atom. The Morgan fingerprint density at radius 3 is 2.12 bits per heavy atom. The summed E-state index contributed by atoms with van der Waals surface area (Å²) in [6.45, 7) is 6.94. The molecule has 0 fully saturated rings. The Morgan fingerprint density at radius 2 is 1.62 bits per heavy atom. The van der Waals surface area contributed by atoms with Crippen LogP contribution in [0.25, 0.3) is 0 Å². The minimum atomic E-state index is -0.475. The molecule has 1 aromatic heterocycles. The highest BCUT2D eigenvalue weighted by Crippen LogP contribution is 2.39. The molecule has 3 aromatic rings. The molecule has 1 heterocycles. The van der Waals surface area contributed by atoms with Crippen LogP contribution >= 0.6 is 11.6 Å². The first-order valence-electron chi connectivity index (χ1n) is 10.6. The number of carbonyl (C=O) groups excluding carboxylic acids is 1. The van der Waals surface area contributed by atoms with Crippen LogP contribution in [0.4, 0.5) is 0 Å². The van der Waals surface area contributed by atoms with Crippen LogP contribution in [0.3, 0.4) is 0 Å². The van der Waals surface area contributed by atoms with Gasteiger partial charge >= 0.3 is 0 Å². The van der Waals surface area contributed by atoms with Crippen LogP contribution in [0.5, 0.6) is 17.2 Å². The van der Waals surface area contributed by atoms with Gasteiger partial charge in [-0.3, -0.25) is 4.79 Å². The molecule has 0 aliphatic heterocycles. The van der Waals surface area contributed by atoms with E-state index in [1.54, 1.807) is 30.5 Å². The third-order valence-electron chi connectivity index (χ3n) is 4.77. The van der Waals surface area contributed by atoms with Crippen molar-refractivity contribution >= 4 is 17.5 Å². The fraction of sp³-hybridized carbons (Fsp3) is 0.333. The number of hydrogen-bond donors (Lipinski definition) is 1. The van der Waals surface area contributed by atoms with E-state index in [1.165, 1.54) is 0 Å². The van der Waals surface area contributed by atoms with Gasteiger partial charge in [0.1, 0.15) is 11.9 Å². The van der Waals surface area contributed by atoms with Gasteiger partial charge in [0.25, 0.3) is 5.91 Å². The van der Waals surface area contributed by atoms with E-state index in [-0.39, 0.29) is 5.91 Å². The second-order valence-corrected chi connectivity index (χ2v) is 7.39. The molecule has 0 unspecified atom stereocenters. The summed E-state index contributed by atoms with van der Waals surface area (Å²) in [5, 5.41) is 3.70. The summed E-state index contributed by atoms with van der Waals surface area (Å²) in [7, 11) is 1.88. The summed E-state index contributed by atoms with van der Waals surface area (Å²) in [4.78, 5) is 17.8. The van der Waals surface area contributed by atoms with Gasteiger partial charge in [-0.05, 0) is 50.6 Å². The molecule has 0 saturated carbocycles. The standard InChI is InChI=1S/C24H28ClN3O4/c1-5-30-19-14-17(15-20(31-6-2)22(19)32-7-3)24(29)27-21(23-26-12-13-28(23)4)16-8-10-18(25)11-9-16/h8-15,21H,5-7H2,1-4H3,(H,27,29)/t21-/m0/s1. The SMILES string of the molecule is CCOc1cc(C(=O)N[C@@H](c2ccc(Cl)cc2)c2nccn2C)cc(OCC)c1OCC. The maximum Gasteiger partial charge on any atom is 0.252 e. The predicted octanol–water partition coefficient (Wildman–Crippen LogP) is 4.79. The number of ether oxygens (including phenoxy) is 3. The summed E-state index contributed by atoms with van der Waals surface area (Å²) >= 11 is 6.06. The summed E-state index contributed by atoms with van der Waals surface area (Å²) in [6, 6.07) is 10.2. The molecule has 0 aliphatic rings. The number of hydrogen-bond acceptors (Lipinski definition) is 5. The Hall–Kier alpha value is -3.19. The van der Waals surface area contributed by atoms with Gasteiger partial charge in [-0.15, -0.1) is 0 Å². The number of amides is 1. The number of carbonyl (C=O) groups is 1. The molecule has 0 radical (unpaired) electrons. The van der Waals surface area contributed by atoms with Crippen molar-refractivity contribution in [2.45, 2.75) is 26.8 Å². The summed E-state index contributed by atoms with van der Waals surface area (Å²) in [5.41, 5.74) is 1.26. The number of nitrogens with one attached hydrogen (secondary N) is 1. The number of aromatic nitrogens is 2. The third-order valence-corrected chi connectivity index (χ3v) is 5.02. The van der Waals surface area contributed by atoms with Crippen molar-refractivity contribution in [2.75, 3.05) is 19.8 Å². The molecule has 0 aliphatic carbocycles. The topological polar surface area (TPSA) is 74.6 Å². The maximum atomic E-state index is 13.4. The van der Waals surface area contributed by atoms with Gasteiger partial charge in [-0.1, -0.05) is 23.7 Å². The molecule has 0 saturated heterocycles. The molecule has 0 bridgehead atoms. The molecule has 32 heavy (non-hydrogen) atoms. The lowest BCUT2D eigenvalue weighted by molar-refractivity contribution is 0.0940. The van der Waals surface area contributed by atoms with Gasteiger partial charge in [0.15, 0.2) is 11.5 Å². The molecule has 1 N–H and O–H groups in total. The van der Waals surface area contributed by atoms with Crippen molar-refractivity contribution in [1.29, 1.82) is 0 Å². The lowest BCUT2D eigenvalue weighted by atomic mass is 10.0. The lowest BCUT2D eigenvalue weighted by Gasteiger charge is -2.21. The van der Waals surface area contributed by atoms with E-state index in [0.717, 1.165) is 5.56 Å². The quantitative estimate of drug-likeness (QED) is 0.473. The van der Waals surface area contributed by atoms with Crippen molar-refractivity contribution in [1.82, 2.24) is 14.9 Å². The van der Waals surface area contributed by atoms with Crippen molar-refractivity contribution in [3.05, 3.63) is 70.8 Å². The van der Waals surface area contributed by atoms with E-state index in [0.29, 0.717) is 53.5 Å². The molecule has 0 spiro atoms. The molecule has 7 nitrogen and oxygen atoms in total. The number of nitrogens with zero attached hydrogens (tertiary/aromatic N) is 2. The molecular weight excluding hydrogens is 430 g/mol. The van der Waals surface area contributed by atoms with Gasteiger partial charge in [-0.2, -0.15) is 0 Å². The van der Waals surface area contributed by atoms with Crippen molar-refractivity contribution < 1.29 is 19.0 Å². The highest BCUT2D eigenvalue weighted by Gasteiger charge is 2.24. The van der Waals surface area contributed by atoms with Gasteiger partial charge in [-0.25, -0.2) is 4.98 Å². The average Bonchev–Trinajstić information content (AvgIpc) is 3.20. The minimum absolute atomic E-state index is 0.294. The van der Waals surface area contributed by atoms with Crippen LogP contribution in [0, 0.1) is 0 Å². The van der Waals surface area contributed by atoms with Gasteiger partial charge in [0, 0.05) is 30.0 Å². The fourth-order valence-electron chi connectivity index (χ4n) is 3.34. The average molecular weight is 458 g/mol. The molecule has 1 atom stereocenters. The molecule has 2 aromatic carbocycles. The van der Waals surface area contributed by atoms with Crippen molar-refractivity contribution in [3.8, 4) is 17.2 Å². The van der Waals surface area contributed by atoms with Gasteiger partial charge < -0.3 is 24.1 Å². The van der Waals surface area contributed by atoms with Crippen LogP contribution in [-0.4, -0.2) is 35.3 Å². The van der Waals surface area contributed by atoms with E-state index >= 15 is 0 Å². The zero-order valence-electron chi connectivity index (χ0n) is 18.7. The second-order valence-electron chi connectivity index (χ2n) is 6.96. The first-order valence-corrected chi connectivity index (χ1v) is 11.0. The van der Waals surface area contributed by atoms with E-state index < -0.39 is 6.04 Å². The molecule has 170 valence electrons. The Kier molecular flexibility index (Phi) is 8.00. The lowest BCUT2D eigenvalue weighted by Crippen LogP contribution is -2.31. The highest BCUT2D eigenvalue weighted by molar-refractivity contribution is 6.30. The van der Waals surface area contributed by atoms with Crippen LogP contribution < -0.4 is 19.5 Å². The van der Waals surface area contributed by atoms with E-state index in [9.17, 15) is 4.79 Å². The van der Waals surface area contributed by atoms with E-state index in [4.69, 9.17) is 25.8 Å². The highest BCUT2D eigenvalue weighted by atomic mass is 35.5. The monoisotopic (exact) mass is 457 g/mol. The van der Waals surface area contributed by atoms with E-state index in [1.807, 2.05) is 50.7 Å². The van der Waals surface area contributed by atoms with Crippen LogP contribution in [0.2, 0.25) is 5.02 Å². The maximum absolute atomic E-state index is 13.4. The van der Waals surface area contributed by atoms with Gasteiger partial charge in [0.05, 0.1) is 19.8 Å². The molecule has 8 heteroatoms. The van der Waals surface area contributed by atoms with Crippen molar-refractivity contribution in [2.24, 2.45) is 7.05 Å².